The van der Waals surface area contributed by atoms with Gasteiger partial charge in [-0.3, -0.25) is 4.79 Å². The first-order valence-electron chi connectivity index (χ1n) is 11.4. The lowest BCUT2D eigenvalue weighted by atomic mass is 9.86. The number of carbonyl (C=O) groups excluding carboxylic acids is 1. The molecule has 2 aliphatic rings. The van der Waals surface area contributed by atoms with Crippen molar-refractivity contribution in [1.82, 2.24) is 9.55 Å². The third-order valence-electron chi connectivity index (χ3n) is 6.77. The Morgan fingerprint density at radius 3 is 2.74 bits per heavy atom. The summed E-state index contributed by atoms with van der Waals surface area (Å²) in [6.45, 7) is 3.85. The number of benzene rings is 1. The molecule has 8 nitrogen and oxygen atoms in total. The summed E-state index contributed by atoms with van der Waals surface area (Å²) >= 11 is 0. The Balaban J connectivity index is 1.72. The van der Waals surface area contributed by atoms with Gasteiger partial charge in [-0.05, 0) is 30.5 Å². The number of fused-ring (bicyclic) bond motifs is 5. The number of hydrogen-bond donors (Lipinski definition) is 2. The number of hydrogen-bond acceptors (Lipinski definition) is 7. The largest absolute Gasteiger partial charge is 0.490 e. The zero-order valence-corrected chi connectivity index (χ0v) is 19.0. The van der Waals surface area contributed by atoms with Crippen LogP contribution in [-0.4, -0.2) is 38.9 Å². The Labute approximate surface area is 194 Å². The summed E-state index contributed by atoms with van der Waals surface area (Å²) in [7, 11) is 0. The quantitative estimate of drug-likeness (QED) is 0.330. The van der Waals surface area contributed by atoms with Gasteiger partial charge in [0.05, 0.1) is 35.6 Å². The molecule has 0 fully saturated rings. The second-order valence-electron chi connectivity index (χ2n) is 8.60. The highest BCUT2D eigenvalue weighted by molar-refractivity contribution is 5.90. The van der Waals surface area contributed by atoms with E-state index in [0.29, 0.717) is 29.7 Å². The number of aromatic nitrogens is 2. The minimum absolute atomic E-state index is 0.0503. The summed E-state index contributed by atoms with van der Waals surface area (Å²) in [6.07, 6.45) is 1.07. The molecular formula is C25H25FN2O6. The van der Waals surface area contributed by atoms with Crippen molar-refractivity contribution in [3.8, 4) is 17.1 Å². The number of carbonyl (C=O) groups is 1. The molecule has 178 valence electrons. The van der Waals surface area contributed by atoms with Gasteiger partial charge in [-0.2, -0.15) is 0 Å². The zero-order valence-electron chi connectivity index (χ0n) is 19.0. The Bertz CT molecular complexity index is 1400. The zero-order chi connectivity index (χ0) is 24.2. The van der Waals surface area contributed by atoms with E-state index in [4.69, 9.17) is 19.6 Å². The van der Waals surface area contributed by atoms with Crippen LogP contribution in [0.1, 0.15) is 48.9 Å². The van der Waals surface area contributed by atoms with E-state index in [0.717, 1.165) is 16.5 Å². The van der Waals surface area contributed by atoms with E-state index in [1.807, 2.05) is 6.92 Å². The fourth-order valence-electron chi connectivity index (χ4n) is 4.92. The van der Waals surface area contributed by atoms with Gasteiger partial charge in [-0.15, -0.1) is 0 Å². The molecule has 0 unspecified atom stereocenters. The van der Waals surface area contributed by atoms with Gasteiger partial charge in [0, 0.05) is 35.6 Å². The van der Waals surface area contributed by atoms with Crippen molar-refractivity contribution in [2.45, 2.75) is 51.9 Å². The number of rotatable bonds is 6. The summed E-state index contributed by atoms with van der Waals surface area (Å²) in [4.78, 5) is 30.4. The lowest BCUT2D eigenvalue weighted by molar-refractivity contribution is -0.172. The van der Waals surface area contributed by atoms with Crippen molar-refractivity contribution in [3.63, 3.8) is 0 Å². The van der Waals surface area contributed by atoms with Gasteiger partial charge < -0.3 is 24.3 Å². The lowest BCUT2D eigenvalue weighted by Gasteiger charge is -2.31. The van der Waals surface area contributed by atoms with Gasteiger partial charge in [0.25, 0.3) is 5.56 Å². The molecular weight excluding hydrogens is 443 g/mol. The molecule has 1 atom stereocenters. The average molecular weight is 468 g/mol. The summed E-state index contributed by atoms with van der Waals surface area (Å²) in [5.74, 6) is -1.25. The molecule has 0 radical (unpaired) electrons. The first-order valence-corrected chi connectivity index (χ1v) is 11.4. The molecule has 34 heavy (non-hydrogen) atoms. The first-order chi connectivity index (χ1) is 16.3. The topological polar surface area (TPSA) is 111 Å². The van der Waals surface area contributed by atoms with Crippen LogP contribution in [0.3, 0.4) is 0 Å². The standard InChI is InChI=1S/C25H25FN2O6/c1-3-13-14-8-21(33-7-5-6-29)18(26)10-19(14)27-22-15(13)11-28-20(22)9-17-16(23(28)30)12-34-24(31)25(17,32)4-2/h8-10,29,32H,3-7,11-12H2,1-2H3/t25-/m0/s1. The van der Waals surface area contributed by atoms with Crippen LogP contribution in [0.4, 0.5) is 4.39 Å². The van der Waals surface area contributed by atoms with Crippen LogP contribution in [0.25, 0.3) is 22.3 Å². The SMILES string of the molecule is CCc1c2c(nc3cc(F)c(OCCCO)cc13)-c1cc3c(c(=O)n1C2)COC(=O)[C@]3(O)CC. The molecule has 2 aromatic heterocycles. The van der Waals surface area contributed by atoms with Crippen molar-refractivity contribution in [2.24, 2.45) is 0 Å². The number of cyclic esters (lactones) is 1. The molecule has 0 saturated heterocycles. The molecule has 5 rings (SSSR count). The molecule has 3 aromatic rings. The van der Waals surface area contributed by atoms with Crippen LogP contribution in [0, 0.1) is 5.82 Å². The minimum Gasteiger partial charge on any atom is -0.490 e. The minimum atomic E-state index is -1.90. The first kappa shape index (κ1) is 22.5. The lowest BCUT2D eigenvalue weighted by Crippen LogP contribution is -2.44. The number of esters is 1. The summed E-state index contributed by atoms with van der Waals surface area (Å²) in [5, 5.41) is 20.7. The summed E-state index contributed by atoms with van der Waals surface area (Å²) in [5.41, 5.74) is 1.48. The van der Waals surface area contributed by atoms with Crippen LogP contribution < -0.4 is 10.3 Å². The maximum atomic E-state index is 14.7. The molecule has 0 bridgehead atoms. The van der Waals surface area contributed by atoms with Gasteiger partial charge in [-0.1, -0.05) is 13.8 Å². The number of aliphatic hydroxyl groups is 2. The monoisotopic (exact) mass is 468 g/mol. The van der Waals surface area contributed by atoms with E-state index in [1.165, 1.54) is 6.07 Å². The van der Waals surface area contributed by atoms with Gasteiger partial charge in [0.2, 0.25) is 0 Å². The third-order valence-corrected chi connectivity index (χ3v) is 6.77. The van der Waals surface area contributed by atoms with Crippen molar-refractivity contribution < 1.29 is 28.9 Å². The molecule has 2 N–H and O–H groups in total. The molecule has 9 heteroatoms. The van der Waals surface area contributed by atoms with Crippen molar-refractivity contribution in [1.29, 1.82) is 0 Å². The van der Waals surface area contributed by atoms with Crippen molar-refractivity contribution in [2.75, 3.05) is 13.2 Å². The molecule has 0 aliphatic carbocycles. The fraction of sp³-hybridized carbons (Fsp3) is 0.400. The van der Waals surface area contributed by atoms with E-state index >= 15 is 0 Å². The van der Waals surface area contributed by atoms with Crippen molar-refractivity contribution in [3.05, 3.63) is 56.6 Å². The second kappa shape index (κ2) is 8.18. The molecule has 0 saturated carbocycles. The number of aliphatic hydroxyl groups excluding tert-OH is 1. The van der Waals surface area contributed by atoms with E-state index in [-0.39, 0.29) is 55.2 Å². The number of nitrogens with zero attached hydrogens (tertiary/aromatic N) is 2. The number of aryl methyl sites for hydroxylation is 1. The average Bonchev–Trinajstić information content (AvgIpc) is 3.19. The fourth-order valence-corrected chi connectivity index (χ4v) is 4.92. The Hall–Kier alpha value is -3.30. The van der Waals surface area contributed by atoms with Crippen molar-refractivity contribution >= 4 is 16.9 Å². The van der Waals surface area contributed by atoms with Crippen LogP contribution in [-0.2, 0) is 34.7 Å². The Morgan fingerprint density at radius 1 is 1.24 bits per heavy atom. The predicted octanol–water partition coefficient (Wildman–Crippen LogP) is 2.54. The maximum absolute atomic E-state index is 14.7. The third kappa shape index (κ3) is 3.14. The van der Waals surface area contributed by atoms with Crippen LogP contribution in [0.2, 0.25) is 0 Å². The number of ether oxygens (including phenoxy) is 2. The molecule has 0 spiro atoms. The summed E-state index contributed by atoms with van der Waals surface area (Å²) < 4.78 is 26.9. The summed E-state index contributed by atoms with van der Waals surface area (Å²) in [6, 6.07) is 4.57. The maximum Gasteiger partial charge on any atom is 0.343 e. The van der Waals surface area contributed by atoms with Crippen LogP contribution in [0.5, 0.6) is 5.75 Å². The normalized spacial score (nSPS) is 18.4. The highest BCUT2D eigenvalue weighted by Gasteiger charge is 2.45. The smallest absolute Gasteiger partial charge is 0.343 e. The predicted molar refractivity (Wildman–Crippen MR) is 121 cm³/mol. The molecule has 4 heterocycles. The molecule has 1 aromatic carbocycles. The van der Waals surface area contributed by atoms with Gasteiger partial charge in [0.1, 0.15) is 6.61 Å². The Morgan fingerprint density at radius 2 is 2.03 bits per heavy atom. The van der Waals surface area contributed by atoms with Crippen LogP contribution in [0.15, 0.2) is 23.0 Å². The van der Waals surface area contributed by atoms with Gasteiger partial charge >= 0.3 is 5.97 Å². The van der Waals surface area contributed by atoms with E-state index < -0.39 is 17.4 Å². The highest BCUT2D eigenvalue weighted by atomic mass is 19.1. The van der Waals surface area contributed by atoms with Gasteiger partial charge in [0.15, 0.2) is 17.2 Å². The Kier molecular flexibility index (Phi) is 5.41. The second-order valence-corrected chi connectivity index (χ2v) is 8.60. The van der Waals surface area contributed by atoms with E-state index in [2.05, 4.69) is 0 Å². The number of halogens is 1. The molecule has 2 aliphatic heterocycles. The molecule has 0 amide bonds. The van der Waals surface area contributed by atoms with Gasteiger partial charge in [-0.25, -0.2) is 14.2 Å². The van der Waals surface area contributed by atoms with E-state index in [1.54, 1.807) is 23.6 Å². The van der Waals surface area contributed by atoms with E-state index in [9.17, 15) is 19.1 Å². The highest BCUT2D eigenvalue weighted by Crippen LogP contribution is 2.41. The van der Waals surface area contributed by atoms with Crippen LogP contribution >= 0.6 is 0 Å². The number of pyridine rings is 2.